The Morgan fingerprint density at radius 1 is 1.43 bits per heavy atom. The summed E-state index contributed by atoms with van der Waals surface area (Å²) in [5, 5.41) is 1.99. The minimum absolute atomic E-state index is 0.0597. The Hall–Kier alpha value is -2.27. The molecular formula is C15H15ClN4O. The van der Waals surface area contributed by atoms with E-state index in [9.17, 15) is 4.79 Å². The molecule has 21 heavy (non-hydrogen) atoms. The number of rotatable bonds is 1. The molecule has 5 nitrogen and oxygen atoms in total. The maximum Gasteiger partial charge on any atom is 0.275 e. The van der Waals surface area contributed by atoms with E-state index in [0.717, 1.165) is 27.6 Å². The Labute approximate surface area is 125 Å². The Bertz CT molecular complexity index is 1000. The highest BCUT2D eigenvalue weighted by molar-refractivity contribution is 6.31. The molecule has 2 N–H and O–H groups in total. The van der Waals surface area contributed by atoms with Crippen molar-refractivity contribution >= 4 is 34.3 Å². The minimum Gasteiger partial charge on any atom is -0.346 e. The molecule has 6 heteroatoms. The molecule has 3 aromatic heterocycles. The summed E-state index contributed by atoms with van der Waals surface area (Å²) >= 11 is 5.99. The standard InChI is InChI=1S/C15H15ClN4O/c1-8(2)14-19-12(15(21)20(14)3)4-9-6-17-13-11(9)5-10(16)7-18-13/h4-7,19H,1-3H3,(H,17,18)/b12-4-. The molecular weight excluding hydrogens is 288 g/mol. The van der Waals surface area contributed by atoms with Gasteiger partial charge in [-0.2, -0.15) is 0 Å². The van der Waals surface area contributed by atoms with E-state index in [1.807, 2.05) is 32.2 Å². The summed E-state index contributed by atoms with van der Waals surface area (Å²) in [6, 6.07) is 1.83. The van der Waals surface area contributed by atoms with Crippen LogP contribution in [0.3, 0.4) is 0 Å². The van der Waals surface area contributed by atoms with E-state index in [4.69, 9.17) is 11.6 Å². The SMILES string of the molecule is CC(C)=c1[nH]/c(=C\c2c[nH]c3ncc(Cl)cc23)c(=O)n1C. The highest BCUT2D eigenvalue weighted by Crippen LogP contribution is 2.20. The van der Waals surface area contributed by atoms with Gasteiger partial charge in [-0.15, -0.1) is 0 Å². The number of hydrogen-bond acceptors (Lipinski definition) is 2. The molecule has 3 rings (SSSR count). The van der Waals surface area contributed by atoms with Crippen molar-refractivity contribution in [3.63, 3.8) is 0 Å². The fourth-order valence-corrected chi connectivity index (χ4v) is 2.54. The van der Waals surface area contributed by atoms with Gasteiger partial charge in [0.1, 0.15) is 16.5 Å². The van der Waals surface area contributed by atoms with Gasteiger partial charge in [0.25, 0.3) is 5.56 Å². The second-order valence-corrected chi connectivity index (χ2v) is 5.63. The van der Waals surface area contributed by atoms with Crippen LogP contribution in [0.2, 0.25) is 5.02 Å². The van der Waals surface area contributed by atoms with E-state index in [1.165, 1.54) is 0 Å². The molecule has 0 unspecified atom stereocenters. The summed E-state index contributed by atoms with van der Waals surface area (Å²) in [6.07, 6.45) is 5.22. The van der Waals surface area contributed by atoms with E-state index in [2.05, 4.69) is 15.0 Å². The molecule has 0 aliphatic carbocycles. The van der Waals surface area contributed by atoms with Crippen LogP contribution in [0.1, 0.15) is 19.4 Å². The molecule has 3 aromatic rings. The van der Waals surface area contributed by atoms with Crippen LogP contribution in [0.25, 0.3) is 22.7 Å². The highest BCUT2D eigenvalue weighted by Gasteiger charge is 2.05. The number of imidazole rings is 1. The van der Waals surface area contributed by atoms with Crippen LogP contribution in [-0.2, 0) is 7.05 Å². The van der Waals surface area contributed by atoms with E-state index >= 15 is 0 Å². The topological polar surface area (TPSA) is 66.5 Å². The monoisotopic (exact) mass is 302 g/mol. The zero-order chi connectivity index (χ0) is 15.1. The van der Waals surface area contributed by atoms with Crippen LogP contribution in [0.5, 0.6) is 0 Å². The number of nitrogens with one attached hydrogen (secondary N) is 2. The van der Waals surface area contributed by atoms with Crippen LogP contribution in [0.4, 0.5) is 0 Å². The van der Waals surface area contributed by atoms with Crippen molar-refractivity contribution in [3.8, 4) is 0 Å². The van der Waals surface area contributed by atoms with Crippen LogP contribution in [0, 0.1) is 0 Å². The number of H-pyrrole nitrogens is 2. The molecule has 0 aliphatic rings. The smallest absolute Gasteiger partial charge is 0.275 e. The fraction of sp³-hybridized carbons (Fsp3) is 0.200. The predicted octanol–water partition coefficient (Wildman–Crippen LogP) is 1.26. The summed E-state index contributed by atoms with van der Waals surface area (Å²) in [4.78, 5) is 22.7. The van der Waals surface area contributed by atoms with Gasteiger partial charge >= 0.3 is 0 Å². The van der Waals surface area contributed by atoms with Crippen LogP contribution in [-0.4, -0.2) is 19.5 Å². The molecule has 0 aromatic carbocycles. The summed E-state index contributed by atoms with van der Waals surface area (Å²) in [7, 11) is 1.76. The van der Waals surface area contributed by atoms with Crippen molar-refractivity contribution < 1.29 is 0 Å². The van der Waals surface area contributed by atoms with Crippen LogP contribution >= 0.6 is 11.6 Å². The first-order valence-corrected chi connectivity index (χ1v) is 6.92. The van der Waals surface area contributed by atoms with E-state index < -0.39 is 0 Å². The summed E-state index contributed by atoms with van der Waals surface area (Å²) in [6.45, 7) is 3.93. The molecule has 0 spiro atoms. The third-order valence-electron chi connectivity index (χ3n) is 3.43. The van der Waals surface area contributed by atoms with Gasteiger partial charge in [0, 0.05) is 30.4 Å². The van der Waals surface area contributed by atoms with Gasteiger partial charge in [-0.1, -0.05) is 11.6 Å². The molecule has 0 amide bonds. The van der Waals surface area contributed by atoms with Gasteiger partial charge in [0.15, 0.2) is 0 Å². The zero-order valence-electron chi connectivity index (χ0n) is 12.0. The largest absolute Gasteiger partial charge is 0.346 e. The predicted molar refractivity (Wildman–Crippen MR) is 84.7 cm³/mol. The molecule has 0 atom stereocenters. The first-order valence-electron chi connectivity index (χ1n) is 6.54. The molecule has 0 saturated carbocycles. The Morgan fingerprint density at radius 2 is 2.19 bits per heavy atom. The normalized spacial score (nSPS) is 12.3. The van der Waals surface area contributed by atoms with E-state index in [-0.39, 0.29) is 5.56 Å². The first-order chi connectivity index (χ1) is 9.97. The highest BCUT2D eigenvalue weighted by atomic mass is 35.5. The van der Waals surface area contributed by atoms with Gasteiger partial charge in [-0.3, -0.25) is 9.36 Å². The van der Waals surface area contributed by atoms with Crippen molar-refractivity contribution in [1.29, 1.82) is 0 Å². The molecule has 108 valence electrons. The molecule has 3 heterocycles. The third-order valence-corrected chi connectivity index (χ3v) is 3.63. The lowest BCUT2D eigenvalue weighted by atomic mass is 10.2. The number of pyridine rings is 1. The van der Waals surface area contributed by atoms with Crippen molar-refractivity contribution in [3.05, 3.63) is 50.2 Å². The maximum absolute atomic E-state index is 12.3. The Morgan fingerprint density at radius 3 is 2.86 bits per heavy atom. The number of aromatic amines is 2. The maximum atomic E-state index is 12.3. The summed E-state index contributed by atoms with van der Waals surface area (Å²) in [5.74, 6) is 0. The van der Waals surface area contributed by atoms with Crippen molar-refractivity contribution in [2.75, 3.05) is 0 Å². The molecule has 0 saturated heterocycles. The Balaban J connectivity index is 2.31. The number of fused-ring (bicyclic) bond motifs is 1. The lowest BCUT2D eigenvalue weighted by molar-refractivity contribution is 0.831. The third kappa shape index (κ3) is 2.29. The minimum atomic E-state index is -0.0597. The van der Waals surface area contributed by atoms with Gasteiger partial charge in [0.05, 0.1) is 5.02 Å². The Kier molecular flexibility index (Phi) is 3.22. The van der Waals surface area contributed by atoms with Crippen LogP contribution < -0.4 is 16.4 Å². The molecule has 0 aliphatic heterocycles. The summed E-state index contributed by atoms with van der Waals surface area (Å²) in [5.41, 5.74) is 3.43. The fourth-order valence-electron chi connectivity index (χ4n) is 2.38. The average Bonchev–Trinajstić information content (AvgIpc) is 2.95. The molecule has 0 radical (unpaired) electrons. The van der Waals surface area contributed by atoms with Crippen molar-refractivity contribution in [1.82, 2.24) is 19.5 Å². The number of hydrogen-bond donors (Lipinski definition) is 2. The number of halogens is 1. The lowest BCUT2D eigenvalue weighted by Crippen LogP contribution is -2.29. The molecule has 0 bridgehead atoms. The first kappa shape index (κ1) is 13.7. The van der Waals surface area contributed by atoms with Crippen molar-refractivity contribution in [2.45, 2.75) is 13.8 Å². The number of nitrogens with zero attached hydrogens (tertiary/aromatic N) is 2. The van der Waals surface area contributed by atoms with Gasteiger partial charge in [0.2, 0.25) is 0 Å². The van der Waals surface area contributed by atoms with Gasteiger partial charge in [-0.05, 0) is 31.6 Å². The quantitative estimate of drug-likeness (QED) is 0.711. The summed E-state index contributed by atoms with van der Waals surface area (Å²) < 4.78 is 1.61. The lowest BCUT2D eigenvalue weighted by Gasteiger charge is -1.91. The average molecular weight is 303 g/mol. The van der Waals surface area contributed by atoms with Crippen LogP contribution in [0.15, 0.2) is 23.3 Å². The molecule has 0 fully saturated rings. The van der Waals surface area contributed by atoms with Crippen molar-refractivity contribution in [2.24, 2.45) is 7.05 Å². The van der Waals surface area contributed by atoms with E-state index in [1.54, 1.807) is 17.8 Å². The van der Waals surface area contributed by atoms with Gasteiger partial charge in [-0.25, -0.2) is 4.98 Å². The van der Waals surface area contributed by atoms with Gasteiger partial charge < -0.3 is 9.97 Å². The second-order valence-electron chi connectivity index (χ2n) is 5.19. The number of aromatic nitrogens is 4. The van der Waals surface area contributed by atoms with E-state index in [0.29, 0.717) is 10.4 Å². The second kappa shape index (κ2) is 4.93. The zero-order valence-corrected chi connectivity index (χ0v) is 12.7.